The van der Waals surface area contributed by atoms with Gasteiger partial charge in [0, 0.05) is 0 Å². The molecular weight excluding hydrogens is 869 g/mol. The standard InChI is InChI=1S/C18H22O6S2.C16H26F4O10S2/c1-3-14(16-6-10-18(11-7-16)26(22,23)24)12-13(2)15-4-8-17(9-5-15)25(19,20)21;1-7-14(6,12(22)30-10(3)16(19,20)32(26,27)28)8-13(4,5)11(21)29-9(2)15(17,18)31(23,24)25/h4-11,13-14H,3,12H2,1-2H3,(H,19,20,21)(H,22,23,24);9-10H,7-8H2,1-6H3,(H,23,24,25)(H,26,27,28). The van der Waals surface area contributed by atoms with Crippen molar-refractivity contribution in [3.05, 3.63) is 59.7 Å². The van der Waals surface area contributed by atoms with Gasteiger partial charge in [0.05, 0.1) is 20.6 Å². The molecule has 0 fully saturated rings. The zero-order valence-electron chi connectivity index (χ0n) is 32.6. The predicted octanol–water partition coefficient (Wildman–Crippen LogP) is 6.51. The fourth-order valence-corrected chi connectivity index (χ4v) is 7.45. The van der Waals surface area contributed by atoms with E-state index in [0.29, 0.717) is 13.8 Å². The van der Waals surface area contributed by atoms with Crippen molar-refractivity contribution in [2.24, 2.45) is 10.8 Å². The molecule has 0 spiro atoms. The smallest absolute Gasteiger partial charge is 0.405 e. The van der Waals surface area contributed by atoms with Gasteiger partial charge in [0.1, 0.15) is 0 Å². The number of benzene rings is 2. The first-order valence-electron chi connectivity index (χ1n) is 17.2. The SMILES string of the molecule is CCC(C)(CC(C)(C)C(=O)OC(C)C(F)(F)S(=O)(=O)O)C(=O)OC(C)C(F)(F)S(=O)(=O)O.CCC(CC(C)c1ccc(S(=O)(=O)O)cc1)c1ccc(S(=O)(=O)O)cc1. The Morgan fingerprint density at radius 3 is 1.28 bits per heavy atom. The summed E-state index contributed by atoms with van der Waals surface area (Å²) in [6.45, 7) is 9.90. The van der Waals surface area contributed by atoms with E-state index in [4.69, 9.17) is 18.2 Å². The second-order valence-corrected chi connectivity index (χ2v) is 20.3. The lowest BCUT2D eigenvalue weighted by molar-refractivity contribution is -0.179. The summed E-state index contributed by atoms with van der Waals surface area (Å²) in [5, 5.41) is -9.66. The minimum Gasteiger partial charge on any atom is -0.455 e. The third-order valence-corrected chi connectivity index (χ3v) is 13.2. The molecule has 0 bridgehead atoms. The number of hydrogen-bond acceptors (Lipinski definition) is 12. The topological polar surface area (TPSA) is 270 Å². The Hall–Kier alpha value is -3.26. The Balaban J connectivity index is 0.000000590. The molecule has 5 atom stereocenters. The maximum Gasteiger partial charge on any atom is 0.405 e. The molecule has 5 unspecified atom stereocenters. The molecule has 0 heterocycles. The van der Waals surface area contributed by atoms with Gasteiger partial charge in [0.25, 0.3) is 20.2 Å². The third-order valence-electron chi connectivity index (χ3n) is 9.39. The highest BCUT2D eigenvalue weighted by Crippen LogP contribution is 2.41. The summed E-state index contributed by atoms with van der Waals surface area (Å²) in [4.78, 5) is 24.6. The molecule has 0 aliphatic carbocycles. The van der Waals surface area contributed by atoms with Crippen LogP contribution in [0.1, 0.15) is 104 Å². The number of alkyl halides is 4. The molecule has 4 N–H and O–H groups in total. The molecule has 2 rings (SSSR count). The van der Waals surface area contributed by atoms with Crippen molar-refractivity contribution in [1.29, 1.82) is 0 Å². The van der Waals surface area contributed by atoms with Crippen LogP contribution in [0.15, 0.2) is 58.3 Å². The van der Waals surface area contributed by atoms with Crippen LogP contribution >= 0.6 is 0 Å². The fraction of sp³-hybridized carbons (Fsp3) is 0.588. The van der Waals surface area contributed by atoms with Gasteiger partial charge in [-0.15, -0.1) is 0 Å². The van der Waals surface area contributed by atoms with Crippen LogP contribution in [0.4, 0.5) is 17.6 Å². The molecule has 0 aliphatic heterocycles. The van der Waals surface area contributed by atoms with Crippen LogP contribution in [-0.4, -0.2) is 86.5 Å². The van der Waals surface area contributed by atoms with Gasteiger partial charge in [-0.1, -0.05) is 45.0 Å². The molecule has 58 heavy (non-hydrogen) atoms. The summed E-state index contributed by atoms with van der Waals surface area (Å²) in [6, 6.07) is 12.3. The number of halogens is 4. The Morgan fingerprint density at radius 2 is 0.966 bits per heavy atom. The number of carbonyl (C=O) groups is 2. The van der Waals surface area contributed by atoms with Crippen molar-refractivity contribution in [3.8, 4) is 0 Å². The van der Waals surface area contributed by atoms with Gasteiger partial charge in [-0.25, -0.2) is 0 Å². The molecule has 0 saturated carbocycles. The van der Waals surface area contributed by atoms with E-state index < -0.39 is 92.4 Å². The quantitative estimate of drug-likeness (QED) is 0.0705. The highest BCUT2D eigenvalue weighted by molar-refractivity contribution is 7.87. The maximum atomic E-state index is 13.7. The van der Waals surface area contributed by atoms with Gasteiger partial charge < -0.3 is 9.47 Å². The fourth-order valence-electron chi connectivity index (χ4n) is 5.55. The first-order valence-corrected chi connectivity index (χ1v) is 22.9. The number of carbonyl (C=O) groups excluding carboxylic acids is 2. The number of ether oxygens (including phenoxy) is 2. The Labute approximate surface area is 335 Å². The molecule has 0 saturated heterocycles. The molecule has 0 amide bonds. The minimum absolute atomic E-state index is 0.134. The highest BCUT2D eigenvalue weighted by atomic mass is 32.2. The third kappa shape index (κ3) is 13.6. The van der Waals surface area contributed by atoms with Crippen LogP contribution in [0.2, 0.25) is 0 Å². The average Bonchev–Trinajstić information content (AvgIpc) is 3.08. The van der Waals surface area contributed by atoms with Gasteiger partial charge in [-0.05, 0) is 108 Å². The normalized spacial score (nSPS) is 16.4. The lowest BCUT2D eigenvalue weighted by atomic mass is 9.72. The second-order valence-electron chi connectivity index (χ2n) is 14.5. The molecule has 2 aromatic carbocycles. The van der Waals surface area contributed by atoms with Crippen LogP contribution in [0.3, 0.4) is 0 Å². The van der Waals surface area contributed by atoms with E-state index in [1.165, 1.54) is 38.1 Å². The number of hydrogen-bond donors (Lipinski definition) is 4. The molecule has 16 nitrogen and oxygen atoms in total. The monoisotopic (exact) mass is 916 g/mol. The summed E-state index contributed by atoms with van der Waals surface area (Å²) in [5.41, 5.74) is -1.59. The zero-order valence-corrected chi connectivity index (χ0v) is 35.9. The van der Waals surface area contributed by atoms with E-state index in [-0.39, 0.29) is 28.0 Å². The van der Waals surface area contributed by atoms with E-state index in [1.807, 2.05) is 13.8 Å². The van der Waals surface area contributed by atoms with E-state index in [2.05, 4.69) is 9.47 Å². The minimum atomic E-state index is -5.91. The predicted molar refractivity (Wildman–Crippen MR) is 199 cm³/mol. The lowest BCUT2D eigenvalue weighted by Gasteiger charge is -2.35. The van der Waals surface area contributed by atoms with Crippen molar-refractivity contribution in [1.82, 2.24) is 0 Å². The van der Waals surface area contributed by atoms with Crippen LogP contribution in [0, 0.1) is 10.8 Å². The maximum absolute atomic E-state index is 13.7. The van der Waals surface area contributed by atoms with E-state index in [1.54, 1.807) is 24.3 Å². The summed E-state index contributed by atoms with van der Waals surface area (Å²) in [6.07, 6.45) is -4.28. The summed E-state index contributed by atoms with van der Waals surface area (Å²) >= 11 is 0. The van der Waals surface area contributed by atoms with Crippen molar-refractivity contribution < 1.29 is 88.5 Å². The van der Waals surface area contributed by atoms with Crippen molar-refractivity contribution >= 4 is 52.4 Å². The Morgan fingerprint density at radius 1 is 0.621 bits per heavy atom. The van der Waals surface area contributed by atoms with Crippen molar-refractivity contribution in [2.75, 3.05) is 0 Å². The van der Waals surface area contributed by atoms with Crippen LogP contribution in [0.5, 0.6) is 0 Å². The molecular formula is C34H48F4O16S4. The van der Waals surface area contributed by atoms with Gasteiger partial charge in [-0.2, -0.15) is 51.2 Å². The largest absolute Gasteiger partial charge is 0.455 e. The Bertz CT molecular complexity index is 2200. The highest BCUT2D eigenvalue weighted by Gasteiger charge is 2.55. The average molecular weight is 917 g/mol. The van der Waals surface area contributed by atoms with Gasteiger partial charge >= 0.3 is 42.7 Å². The van der Waals surface area contributed by atoms with Crippen molar-refractivity contribution in [2.45, 2.75) is 125 Å². The second kappa shape index (κ2) is 19.0. The summed E-state index contributed by atoms with van der Waals surface area (Å²) in [5.74, 6) is -2.47. The lowest BCUT2D eigenvalue weighted by Crippen LogP contribution is -2.47. The van der Waals surface area contributed by atoms with Gasteiger partial charge in [0.2, 0.25) is 0 Å². The van der Waals surface area contributed by atoms with Crippen LogP contribution in [0.25, 0.3) is 0 Å². The van der Waals surface area contributed by atoms with Crippen LogP contribution in [-0.2, 0) is 59.5 Å². The first kappa shape index (κ1) is 52.8. The first-order chi connectivity index (χ1) is 25.9. The number of rotatable bonds is 18. The summed E-state index contributed by atoms with van der Waals surface area (Å²) in [7, 11) is -20.2. The van der Waals surface area contributed by atoms with Gasteiger partial charge in [-0.3, -0.25) is 27.8 Å². The molecule has 0 aliphatic rings. The van der Waals surface area contributed by atoms with Crippen molar-refractivity contribution in [3.63, 3.8) is 0 Å². The molecule has 2 aromatic rings. The molecule has 332 valence electrons. The number of esters is 2. The zero-order chi connectivity index (χ0) is 45.7. The molecule has 0 aromatic heterocycles. The van der Waals surface area contributed by atoms with Gasteiger partial charge in [0.15, 0.2) is 12.2 Å². The summed E-state index contributed by atoms with van der Waals surface area (Å²) < 4.78 is 186. The Kier molecular flexibility index (Phi) is 17.3. The van der Waals surface area contributed by atoms with E-state index in [9.17, 15) is 60.8 Å². The molecule has 24 heteroatoms. The molecule has 0 radical (unpaired) electrons. The van der Waals surface area contributed by atoms with E-state index in [0.717, 1.165) is 37.8 Å². The van der Waals surface area contributed by atoms with E-state index >= 15 is 0 Å². The van der Waals surface area contributed by atoms with Crippen LogP contribution < -0.4 is 0 Å².